The Kier molecular flexibility index (Phi) is 4.00. The first-order valence-corrected chi connectivity index (χ1v) is 8.09. The Bertz CT molecular complexity index is 641. The molecular weight excluding hydrogens is 338 g/mol. The van der Waals surface area contributed by atoms with Crippen molar-refractivity contribution in [1.29, 1.82) is 0 Å². The van der Waals surface area contributed by atoms with Crippen LogP contribution in [-0.2, 0) is 16.6 Å². The van der Waals surface area contributed by atoms with E-state index in [2.05, 4.69) is 25.6 Å². The maximum absolute atomic E-state index is 12.2. The lowest BCUT2D eigenvalue weighted by molar-refractivity contribution is 0.600. The zero-order valence-corrected chi connectivity index (χ0v) is 12.3. The fourth-order valence-corrected chi connectivity index (χ4v) is 4.13. The molecule has 0 aliphatic heterocycles. The molecule has 0 fully saturated rings. The first-order valence-electron chi connectivity index (χ1n) is 4.94. The summed E-state index contributed by atoms with van der Waals surface area (Å²) in [4.78, 5) is 4.04. The van der Waals surface area contributed by atoms with Gasteiger partial charge in [0.05, 0.1) is 0 Å². The molecule has 1 aromatic heterocycles. The van der Waals surface area contributed by atoms with Crippen LogP contribution >= 0.6 is 27.3 Å². The molecule has 18 heavy (non-hydrogen) atoms. The zero-order chi connectivity index (χ0) is 13.2. The van der Waals surface area contributed by atoms with Gasteiger partial charge in [-0.2, -0.15) is 0 Å². The number of nitrogens with zero attached hydrogens (tertiary/aromatic N) is 1. The third kappa shape index (κ3) is 2.89. The van der Waals surface area contributed by atoms with Gasteiger partial charge in [0.25, 0.3) is 10.0 Å². The van der Waals surface area contributed by atoms with Gasteiger partial charge >= 0.3 is 0 Å². The third-order valence-electron chi connectivity index (χ3n) is 2.17. The average Bonchev–Trinajstić information content (AvgIpc) is 2.81. The number of aromatic nitrogens is 1. The average molecular weight is 348 g/mol. The smallest absolute Gasteiger partial charge is 0.264 e. The highest BCUT2D eigenvalue weighted by molar-refractivity contribution is 9.10. The summed E-state index contributed by atoms with van der Waals surface area (Å²) in [5, 5.41) is 2.03. The minimum absolute atomic E-state index is 0.153. The van der Waals surface area contributed by atoms with Gasteiger partial charge in [-0.05, 0) is 33.6 Å². The number of nitrogens with two attached hydrogens (primary N) is 1. The van der Waals surface area contributed by atoms with E-state index in [1.165, 1.54) is 17.5 Å². The second-order valence-electron chi connectivity index (χ2n) is 3.41. The fourth-order valence-electron chi connectivity index (χ4n) is 1.32. The Labute approximate surface area is 117 Å². The largest absolute Gasteiger partial charge is 0.326 e. The van der Waals surface area contributed by atoms with E-state index in [4.69, 9.17) is 5.73 Å². The molecule has 0 aliphatic rings. The van der Waals surface area contributed by atoms with Crippen LogP contribution in [0.25, 0.3) is 0 Å². The predicted octanol–water partition coefficient (Wildman–Crippen LogP) is 2.17. The van der Waals surface area contributed by atoms with Crippen molar-refractivity contribution in [2.75, 3.05) is 4.72 Å². The molecule has 5 nitrogen and oxygen atoms in total. The zero-order valence-electron chi connectivity index (χ0n) is 9.13. The lowest BCUT2D eigenvalue weighted by Crippen LogP contribution is -2.14. The van der Waals surface area contributed by atoms with Gasteiger partial charge in [0, 0.05) is 22.6 Å². The lowest BCUT2D eigenvalue weighted by Gasteiger charge is -2.08. The number of sulfonamides is 1. The van der Waals surface area contributed by atoms with Gasteiger partial charge < -0.3 is 5.73 Å². The van der Waals surface area contributed by atoms with Crippen molar-refractivity contribution in [3.8, 4) is 0 Å². The molecule has 1 aromatic carbocycles. The lowest BCUT2D eigenvalue weighted by atomic mass is 10.2. The van der Waals surface area contributed by atoms with Gasteiger partial charge in [-0.1, -0.05) is 6.07 Å². The summed E-state index contributed by atoms with van der Waals surface area (Å²) in [5.74, 6) is 0. The van der Waals surface area contributed by atoms with Crippen molar-refractivity contribution in [1.82, 2.24) is 4.98 Å². The number of hydrogen-bond acceptors (Lipinski definition) is 5. The molecule has 0 amide bonds. The highest BCUT2D eigenvalue weighted by Crippen LogP contribution is 2.25. The number of benzene rings is 1. The molecule has 0 aliphatic carbocycles. The van der Waals surface area contributed by atoms with Crippen LogP contribution in [0.2, 0.25) is 0 Å². The molecule has 96 valence electrons. The number of thiazole rings is 1. The van der Waals surface area contributed by atoms with Gasteiger partial charge in [0.2, 0.25) is 0 Å². The number of anilines is 1. The monoisotopic (exact) mass is 347 g/mol. The van der Waals surface area contributed by atoms with Crippen molar-refractivity contribution in [3.63, 3.8) is 0 Å². The van der Waals surface area contributed by atoms with Crippen LogP contribution in [0.5, 0.6) is 0 Å². The van der Waals surface area contributed by atoms with Gasteiger partial charge in [0.1, 0.15) is 4.90 Å². The van der Waals surface area contributed by atoms with E-state index >= 15 is 0 Å². The first kappa shape index (κ1) is 13.5. The molecule has 0 saturated carbocycles. The summed E-state index contributed by atoms with van der Waals surface area (Å²) in [6, 6.07) is 4.98. The van der Waals surface area contributed by atoms with Crippen LogP contribution in [0, 0.1) is 0 Å². The summed E-state index contributed by atoms with van der Waals surface area (Å²) in [6.07, 6.45) is 1.54. The van der Waals surface area contributed by atoms with Crippen LogP contribution in [0.4, 0.5) is 5.13 Å². The van der Waals surface area contributed by atoms with E-state index in [0.717, 1.165) is 5.56 Å². The van der Waals surface area contributed by atoms with Crippen LogP contribution in [-0.4, -0.2) is 13.4 Å². The molecule has 0 bridgehead atoms. The van der Waals surface area contributed by atoms with E-state index < -0.39 is 10.0 Å². The minimum atomic E-state index is -3.65. The summed E-state index contributed by atoms with van der Waals surface area (Å²) in [5.41, 5.74) is 6.26. The standard InChI is InChI=1S/C10H10BrN3O2S2/c11-8-2-1-7(6-12)5-9(8)18(15,16)14-10-13-3-4-17-10/h1-5H,6,12H2,(H,13,14). The molecule has 0 spiro atoms. The van der Waals surface area contributed by atoms with Crippen molar-refractivity contribution in [3.05, 3.63) is 39.8 Å². The number of halogens is 1. The molecule has 0 atom stereocenters. The quantitative estimate of drug-likeness (QED) is 0.887. The SMILES string of the molecule is NCc1ccc(Br)c(S(=O)(=O)Nc2nccs2)c1. The highest BCUT2D eigenvalue weighted by Gasteiger charge is 2.19. The maximum atomic E-state index is 12.2. The summed E-state index contributed by atoms with van der Waals surface area (Å²) >= 11 is 4.44. The Hall–Kier alpha value is -0.960. The highest BCUT2D eigenvalue weighted by atomic mass is 79.9. The summed E-state index contributed by atoms with van der Waals surface area (Å²) in [7, 11) is -3.65. The molecule has 3 N–H and O–H groups in total. The van der Waals surface area contributed by atoms with Crippen molar-refractivity contribution in [2.24, 2.45) is 5.73 Å². The van der Waals surface area contributed by atoms with Crippen molar-refractivity contribution in [2.45, 2.75) is 11.4 Å². The number of hydrogen-bond donors (Lipinski definition) is 2. The van der Waals surface area contributed by atoms with Crippen molar-refractivity contribution >= 4 is 42.4 Å². The van der Waals surface area contributed by atoms with Crippen LogP contribution in [0.15, 0.2) is 39.1 Å². The van der Waals surface area contributed by atoms with Crippen LogP contribution in [0.1, 0.15) is 5.56 Å². The number of nitrogens with one attached hydrogen (secondary N) is 1. The Morgan fingerprint density at radius 2 is 2.22 bits per heavy atom. The first-order chi connectivity index (χ1) is 8.53. The van der Waals surface area contributed by atoms with E-state index in [9.17, 15) is 8.42 Å². The predicted molar refractivity (Wildman–Crippen MR) is 75.0 cm³/mol. The molecular formula is C10H10BrN3O2S2. The van der Waals surface area contributed by atoms with Crippen LogP contribution < -0.4 is 10.5 Å². The Balaban J connectivity index is 2.40. The van der Waals surface area contributed by atoms with Crippen molar-refractivity contribution < 1.29 is 8.42 Å². The molecule has 2 aromatic rings. The second kappa shape index (κ2) is 5.35. The maximum Gasteiger partial charge on any atom is 0.264 e. The summed E-state index contributed by atoms with van der Waals surface area (Å²) in [6.45, 7) is 0.285. The summed E-state index contributed by atoms with van der Waals surface area (Å²) < 4.78 is 27.3. The normalized spacial score (nSPS) is 11.4. The minimum Gasteiger partial charge on any atom is -0.326 e. The van der Waals surface area contributed by atoms with Gasteiger partial charge in [-0.25, -0.2) is 13.4 Å². The molecule has 0 unspecified atom stereocenters. The van der Waals surface area contributed by atoms with E-state index in [1.54, 1.807) is 23.6 Å². The van der Waals surface area contributed by atoms with Gasteiger partial charge in [-0.3, -0.25) is 4.72 Å². The molecule has 0 radical (unpaired) electrons. The van der Waals surface area contributed by atoms with Crippen LogP contribution in [0.3, 0.4) is 0 Å². The van der Waals surface area contributed by atoms with E-state index in [1.807, 2.05) is 0 Å². The third-order valence-corrected chi connectivity index (χ3v) is 5.33. The molecule has 2 rings (SSSR count). The van der Waals surface area contributed by atoms with E-state index in [-0.39, 0.29) is 11.4 Å². The Morgan fingerprint density at radius 1 is 1.44 bits per heavy atom. The number of rotatable bonds is 4. The fraction of sp³-hybridized carbons (Fsp3) is 0.100. The Morgan fingerprint density at radius 3 is 2.83 bits per heavy atom. The van der Waals surface area contributed by atoms with Gasteiger partial charge in [0.15, 0.2) is 5.13 Å². The molecule has 8 heteroatoms. The van der Waals surface area contributed by atoms with Gasteiger partial charge in [-0.15, -0.1) is 11.3 Å². The van der Waals surface area contributed by atoms with E-state index in [0.29, 0.717) is 9.60 Å². The molecule has 1 heterocycles. The topological polar surface area (TPSA) is 85.1 Å². The molecule has 0 saturated heterocycles. The second-order valence-corrected chi connectivity index (χ2v) is 6.81.